The number of likely N-dealkylation sites (tertiary alicyclic amines) is 1. The number of piperidine rings is 1. The molecule has 0 aliphatic carbocycles. The molecule has 2 aromatic carbocycles. The Balaban J connectivity index is 0.00000182. The smallest absolute Gasteiger partial charge is 0.0389 e. The summed E-state index contributed by atoms with van der Waals surface area (Å²) in [5.41, 5.74) is 2.61. The molecule has 0 amide bonds. The summed E-state index contributed by atoms with van der Waals surface area (Å²) in [5, 5.41) is 6.16. The van der Waals surface area contributed by atoms with E-state index in [2.05, 4.69) is 69.8 Å². The second-order valence-corrected chi connectivity index (χ2v) is 6.64. The van der Waals surface area contributed by atoms with E-state index >= 15 is 0 Å². The zero-order chi connectivity index (χ0) is 16.2. The minimum Gasteiger partial charge on any atom is -0.381 e. The fraction of sp³-hybridized carbons (Fsp3) is 0.286. The van der Waals surface area contributed by atoms with Crippen LogP contribution in [0.1, 0.15) is 18.4 Å². The molecule has 0 unspecified atom stereocenters. The molecular weight excluding hydrogens is 330 g/mol. The number of pyridine rings is 1. The van der Waals surface area contributed by atoms with Gasteiger partial charge in [-0.15, -0.1) is 12.4 Å². The first kappa shape index (κ1) is 17.7. The molecular formula is C21H24ClN3. The van der Waals surface area contributed by atoms with Crippen molar-refractivity contribution in [3.63, 3.8) is 0 Å². The predicted molar refractivity (Wildman–Crippen MR) is 107 cm³/mol. The van der Waals surface area contributed by atoms with Crippen LogP contribution in [0.2, 0.25) is 0 Å². The molecule has 25 heavy (non-hydrogen) atoms. The van der Waals surface area contributed by atoms with Gasteiger partial charge in [0.2, 0.25) is 0 Å². The van der Waals surface area contributed by atoms with Crippen LogP contribution in [0.4, 0.5) is 5.69 Å². The maximum Gasteiger partial charge on any atom is 0.0389 e. The molecule has 3 nitrogen and oxygen atoms in total. The summed E-state index contributed by atoms with van der Waals surface area (Å²) in [7, 11) is 0. The summed E-state index contributed by atoms with van der Waals surface area (Å²) in [6.07, 6.45) is 6.26. The van der Waals surface area contributed by atoms with E-state index in [0.29, 0.717) is 6.04 Å². The third-order valence-electron chi connectivity index (χ3n) is 4.77. The zero-order valence-electron chi connectivity index (χ0n) is 14.3. The number of benzene rings is 2. The van der Waals surface area contributed by atoms with Crippen LogP contribution in [0.3, 0.4) is 0 Å². The van der Waals surface area contributed by atoms with Gasteiger partial charge in [0, 0.05) is 42.6 Å². The maximum atomic E-state index is 4.18. The zero-order valence-corrected chi connectivity index (χ0v) is 15.1. The van der Waals surface area contributed by atoms with Crippen molar-refractivity contribution in [1.82, 2.24) is 9.88 Å². The van der Waals surface area contributed by atoms with Crippen molar-refractivity contribution in [2.45, 2.75) is 25.4 Å². The highest BCUT2D eigenvalue weighted by Crippen LogP contribution is 2.21. The Labute approximate surface area is 155 Å². The molecule has 1 saturated heterocycles. The van der Waals surface area contributed by atoms with Gasteiger partial charge in [0.25, 0.3) is 0 Å². The molecule has 130 valence electrons. The predicted octanol–water partition coefficient (Wildman–Crippen LogP) is 4.73. The molecule has 0 spiro atoms. The Bertz CT molecular complexity index is 806. The maximum absolute atomic E-state index is 4.18. The van der Waals surface area contributed by atoms with E-state index in [1.54, 1.807) is 0 Å². The molecule has 0 radical (unpaired) electrons. The van der Waals surface area contributed by atoms with Crippen molar-refractivity contribution in [2.24, 2.45) is 0 Å². The Morgan fingerprint density at radius 1 is 1.04 bits per heavy atom. The van der Waals surface area contributed by atoms with Crippen LogP contribution in [-0.4, -0.2) is 29.0 Å². The Hall–Kier alpha value is -2.10. The molecule has 1 atom stereocenters. The monoisotopic (exact) mass is 353 g/mol. The summed E-state index contributed by atoms with van der Waals surface area (Å²) in [4.78, 5) is 6.74. The van der Waals surface area contributed by atoms with E-state index in [9.17, 15) is 0 Å². The number of nitrogens with one attached hydrogen (secondary N) is 1. The van der Waals surface area contributed by atoms with Gasteiger partial charge in [0.05, 0.1) is 0 Å². The minimum absolute atomic E-state index is 0. The Morgan fingerprint density at radius 3 is 2.80 bits per heavy atom. The first-order valence-electron chi connectivity index (χ1n) is 8.73. The summed E-state index contributed by atoms with van der Waals surface area (Å²) < 4.78 is 0. The van der Waals surface area contributed by atoms with Gasteiger partial charge in [-0.2, -0.15) is 0 Å². The van der Waals surface area contributed by atoms with Crippen molar-refractivity contribution in [1.29, 1.82) is 0 Å². The Kier molecular flexibility index (Phi) is 5.90. The average molecular weight is 354 g/mol. The van der Waals surface area contributed by atoms with Gasteiger partial charge in [0.1, 0.15) is 0 Å². The first-order chi connectivity index (χ1) is 11.9. The molecule has 0 saturated carbocycles. The van der Waals surface area contributed by atoms with Gasteiger partial charge in [0.15, 0.2) is 0 Å². The van der Waals surface area contributed by atoms with E-state index in [4.69, 9.17) is 0 Å². The number of fused-ring (bicyclic) bond motifs is 1. The molecule has 0 bridgehead atoms. The molecule has 1 N–H and O–H groups in total. The van der Waals surface area contributed by atoms with Crippen LogP contribution in [0.15, 0.2) is 67.0 Å². The molecule has 3 aromatic rings. The molecule has 4 rings (SSSR count). The van der Waals surface area contributed by atoms with E-state index in [0.717, 1.165) is 13.1 Å². The highest BCUT2D eigenvalue weighted by molar-refractivity contribution is 5.85. The highest BCUT2D eigenvalue weighted by Gasteiger charge is 2.19. The normalized spacial score (nSPS) is 17.8. The van der Waals surface area contributed by atoms with Crippen LogP contribution < -0.4 is 5.32 Å². The minimum atomic E-state index is 0. The van der Waals surface area contributed by atoms with Gasteiger partial charge in [-0.1, -0.05) is 36.4 Å². The van der Waals surface area contributed by atoms with Crippen molar-refractivity contribution in [3.05, 3.63) is 72.6 Å². The lowest BCUT2D eigenvalue weighted by molar-refractivity contribution is 0.208. The quantitative estimate of drug-likeness (QED) is 0.734. The summed E-state index contributed by atoms with van der Waals surface area (Å²) in [5.74, 6) is 0. The van der Waals surface area contributed by atoms with Crippen LogP contribution >= 0.6 is 12.4 Å². The van der Waals surface area contributed by atoms with Gasteiger partial charge in [-0.25, -0.2) is 0 Å². The molecule has 1 aliphatic heterocycles. The van der Waals surface area contributed by atoms with Crippen LogP contribution in [0, 0.1) is 0 Å². The second kappa shape index (κ2) is 8.32. The lowest BCUT2D eigenvalue weighted by atomic mass is 10.0. The highest BCUT2D eigenvalue weighted by atomic mass is 35.5. The fourth-order valence-corrected chi connectivity index (χ4v) is 3.57. The number of rotatable bonds is 4. The molecule has 2 heterocycles. The van der Waals surface area contributed by atoms with Crippen molar-refractivity contribution in [3.8, 4) is 0 Å². The number of anilines is 1. The topological polar surface area (TPSA) is 28.2 Å². The number of halogens is 1. The van der Waals surface area contributed by atoms with Crippen molar-refractivity contribution >= 4 is 28.9 Å². The number of hydrogen-bond donors (Lipinski definition) is 1. The fourth-order valence-electron chi connectivity index (χ4n) is 3.57. The van der Waals surface area contributed by atoms with Gasteiger partial charge in [-0.3, -0.25) is 9.88 Å². The number of hydrogen-bond acceptors (Lipinski definition) is 3. The number of nitrogens with zero attached hydrogens (tertiary/aromatic N) is 2. The number of aromatic nitrogens is 1. The van der Waals surface area contributed by atoms with Crippen LogP contribution in [-0.2, 0) is 6.54 Å². The van der Waals surface area contributed by atoms with Crippen LogP contribution in [0.5, 0.6) is 0 Å². The SMILES string of the molecule is Cl.c1ccc(CN2CCC[C@@H](Nc3ccc4cnccc4c3)C2)cc1. The van der Waals surface area contributed by atoms with Gasteiger partial charge >= 0.3 is 0 Å². The Morgan fingerprint density at radius 2 is 1.92 bits per heavy atom. The van der Waals surface area contributed by atoms with E-state index < -0.39 is 0 Å². The standard InChI is InChI=1S/C21H23N3.ClH/c1-2-5-17(6-3-1)15-24-12-4-7-21(16-24)23-20-9-8-19-14-22-11-10-18(19)13-20;/h1-3,5-6,8-11,13-14,21,23H,4,7,12,15-16H2;1H/t21-;/m1./s1. The summed E-state index contributed by atoms with van der Waals surface area (Å²) in [6, 6.07) is 19.9. The van der Waals surface area contributed by atoms with Crippen molar-refractivity contribution < 1.29 is 0 Å². The largest absolute Gasteiger partial charge is 0.381 e. The first-order valence-corrected chi connectivity index (χ1v) is 8.73. The second-order valence-electron chi connectivity index (χ2n) is 6.64. The van der Waals surface area contributed by atoms with Crippen LogP contribution in [0.25, 0.3) is 10.8 Å². The molecule has 1 fully saturated rings. The lowest BCUT2D eigenvalue weighted by Gasteiger charge is -2.33. The summed E-state index contributed by atoms with van der Waals surface area (Å²) in [6.45, 7) is 3.34. The van der Waals surface area contributed by atoms with E-state index in [1.807, 2.05) is 12.4 Å². The molecule has 4 heteroatoms. The third-order valence-corrected chi connectivity index (χ3v) is 4.77. The average Bonchev–Trinajstić information content (AvgIpc) is 2.63. The van der Waals surface area contributed by atoms with Gasteiger partial charge < -0.3 is 5.32 Å². The van der Waals surface area contributed by atoms with E-state index in [-0.39, 0.29) is 12.4 Å². The molecule has 1 aromatic heterocycles. The third kappa shape index (κ3) is 4.50. The summed E-state index contributed by atoms with van der Waals surface area (Å²) >= 11 is 0. The lowest BCUT2D eigenvalue weighted by Crippen LogP contribution is -2.41. The van der Waals surface area contributed by atoms with E-state index in [1.165, 1.54) is 41.4 Å². The van der Waals surface area contributed by atoms with Crippen molar-refractivity contribution in [2.75, 3.05) is 18.4 Å². The molecule has 1 aliphatic rings. The van der Waals surface area contributed by atoms with Gasteiger partial charge in [-0.05, 0) is 48.5 Å².